The number of allylic oxidation sites excluding steroid dienone is 2. The van der Waals surface area contributed by atoms with E-state index in [1.807, 2.05) is 12.1 Å². The van der Waals surface area contributed by atoms with Crippen molar-refractivity contribution in [1.29, 1.82) is 5.26 Å². The maximum absolute atomic E-state index is 14.0. The highest BCUT2D eigenvalue weighted by Crippen LogP contribution is 2.43. The van der Waals surface area contributed by atoms with Gasteiger partial charge in [0, 0.05) is 71.7 Å². The predicted octanol–water partition coefficient (Wildman–Crippen LogP) is 7.82. The average molecular weight is 719 g/mol. The molecular formula is C38H46Cl2FN9. The predicted molar refractivity (Wildman–Crippen MR) is 203 cm³/mol. The number of benzene rings is 2. The average Bonchev–Trinajstić information content (AvgIpc) is 3.56. The SMILES string of the molecule is CN(C)CC1C=CC=CC1(C)[C@H](Nc1cc(Cl)c2ncc(C#N)c(Nc3ccc(F)c(Cl)c3)c2c1)C1=CN(C2CCN(C(C)(C)C)CC2)NN1. The summed E-state index contributed by atoms with van der Waals surface area (Å²) in [5.41, 5.74) is 10.5. The fraction of sp³-hybridized carbons (Fsp3) is 0.421. The van der Waals surface area contributed by atoms with Gasteiger partial charge in [-0.2, -0.15) is 5.26 Å². The Balaban J connectivity index is 1.39. The van der Waals surface area contributed by atoms with E-state index in [0.717, 1.165) is 43.9 Å². The summed E-state index contributed by atoms with van der Waals surface area (Å²) >= 11 is 13.0. The number of hydrogen-bond acceptors (Lipinski definition) is 9. The summed E-state index contributed by atoms with van der Waals surface area (Å²) in [6.07, 6.45) is 14.6. The lowest BCUT2D eigenvalue weighted by molar-refractivity contribution is 0.0569. The molecule has 0 radical (unpaired) electrons. The molecule has 0 spiro atoms. The molecule has 0 amide bonds. The minimum Gasteiger partial charge on any atom is -0.376 e. The number of halogens is 3. The van der Waals surface area contributed by atoms with Crippen LogP contribution in [0.3, 0.4) is 0 Å². The van der Waals surface area contributed by atoms with Crippen LogP contribution in [0.25, 0.3) is 10.9 Å². The molecule has 3 aromatic rings. The Morgan fingerprint density at radius 3 is 2.54 bits per heavy atom. The number of anilines is 3. The molecule has 1 saturated heterocycles. The van der Waals surface area contributed by atoms with Gasteiger partial charge in [-0.05, 0) is 78.0 Å². The van der Waals surface area contributed by atoms with Crippen molar-refractivity contribution in [1.82, 2.24) is 30.8 Å². The topological polar surface area (TPSA) is 94.5 Å². The number of fused-ring (bicyclic) bond motifs is 1. The van der Waals surface area contributed by atoms with Crippen LogP contribution in [0.1, 0.15) is 46.1 Å². The Labute approximate surface area is 304 Å². The Morgan fingerprint density at radius 2 is 1.86 bits per heavy atom. The summed E-state index contributed by atoms with van der Waals surface area (Å²) in [4.78, 5) is 9.31. The van der Waals surface area contributed by atoms with Crippen molar-refractivity contribution in [2.75, 3.05) is 44.4 Å². The smallest absolute Gasteiger partial charge is 0.141 e. The molecule has 9 nitrogen and oxygen atoms in total. The van der Waals surface area contributed by atoms with E-state index in [0.29, 0.717) is 38.9 Å². The van der Waals surface area contributed by atoms with Crippen molar-refractivity contribution < 1.29 is 4.39 Å². The van der Waals surface area contributed by atoms with Crippen LogP contribution in [0, 0.1) is 28.5 Å². The molecule has 3 heterocycles. The zero-order valence-electron chi connectivity index (χ0n) is 29.5. The van der Waals surface area contributed by atoms with Crippen molar-refractivity contribution in [3.63, 3.8) is 0 Å². The van der Waals surface area contributed by atoms with Crippen molar-refractivity contribution in [3.05, 3.63) is 94.2 Å². The zero-order valence-corrected chi connectivity index (χ0v) is 31.0. The second-order valence-corrected chi connectivity index (χ2v) is 15.8. The van der Waals surface area contributed by atoms with Gasteiger partial charge in [0.15, 0.2) is 0 Å². The van der Waals surface area contributed by atoms with E-state index >= 15 is 0 Å². The van der Waals surface area contributed by atoms with Gasteiger partial charge >= 0.3 is 0 Å². The Bertz CT molecular complexity index is 1870. The molecule has 1 aromatic heterocycles. The number of nitriles is 1. The summed E-state index contributed by atoms with van der Waals surface area (Å²) in [6.45, 7) is 12.1. The van der Waals surface area contributed by atoms with Crippen LogP contribution in [0.4, 0.5) is 21.5 Å². The third-order valence-electron chi connectivity index (χ3n) is 10.2. The number of piperidine rings is 1. The molecule has 2 unspecified atom stereocenters. The van der Waals surface area contributed by atoms with Crippen molar-refractivity contribution in [2.45, 2.75) is 58.2 Å². The van der Waals surface area contributed by atoms with Gasteiger partial charge in [0.1, 0.15) is 11.9 Å². The quantitative estimate of drug-likeness (QED) is 0.177. The highest BCUT2D eigenvalue weighted by molar-refractivity contribution is 6.36. The number of pyridine rings is 1. The standard InChI is InChI=1S/C38H46Cl2FN9/c1-37(2,3)49-15-12-28(13-16-49)50-23-33(46-47-50)36(38(4)14-8-7-9-25(38)22-48(5)6)45-27-17-29-34(44-26-10-11-32(41)30(39)18-26)24(20-42)21-43-35(29)31(40)19-27/h7-11,14,17-19,21,23,25,28,36,45-47H,12-13,15-16,22H2,1-6H3,(H,43,44)/t25?,36-,38?/m1/s1. The normalized spacial score (nSPS) is 22.1. The Morgan fingerprint density at radius 1 is 1.12 bits per heavy atom. The number of nitrogens with zero attached hydrogens (tertiary/aromatic N) is 5. The molecule has 50 heavy (non-hydrogen) atoms. The number of nitrogens with one attached hydrogen (secondary N) is 4. The van der Waals surface area contributed by atoms with Crippen LogP contribution >= 0.6 is 23.2 Å². The lowest BCUT2D eigenvalue weighted by Crippen LogP contribution is -2.53. The second-order valence-electron chi connectivity index (χ2n) is 14.9. The summed E-state index contributed by atoms with van der Waals surface area (Å²) < 4.78 is 14.0. The molecule has 0 bridgehead atoms. The molecular weight excluding hydrogens is 672 g/mol. The first-order valence-electron chi connectivity index (χ1n) is 17.1. The third kappa shape index (κ3) is 7.43. The summed E-state index contributed by atoms with van der Waals surface area (Å²) in [5, 5.41) is 20.5. The first-order valence-corrected chi connectivity index (χ1v) is 17.8. The maximum atomic E-state index is 14.0. The van der Waals surface area contributed by atoms with E-state index in [4.69, 9.17) is 23.2 Å². The lowest BCUT2D eigenvalue weighted by atomic mass is 9.68. The van der Waals surface area contributed by atoms with Crippen molar-refractivity contribution >= 4 is 51.2 Å². The fourth-order valence-corrected chi connectivity index (χ4v) is 7.72. The molecule has 264 valence electrons. The van der Waals surface area contributed by atoms with E-state index in [9.17, 15) is 9.65 Å². The molecule has 4 N–H and O–H groups in total. The molecule has 0 saturated carbocycles. The number of rotatable bonds is 9. The van der Waals surface area contributed by atoms with Crippen LogP contribution in [0.2, 0.25) is 10.0 Å². The van der Waals surface area contributed by atoms with E-state index < -0.39 is 5.82 Å². The maximum Gasteiger partial charge on any atom is 0.141 e. The molecule has 2 aromatic carbocycles. The second kappa shape index (κ2) is 14.4. The summed E-state index contributed by atoms with van der Waals surface area (Å²) in [6, 6.07) is 10.6. The minimum absolute atomic E-state index is 0.0232. The van der Waals surface area contributed by atoms with Gasteiger partial charge in [0.25, 0.3) is 0 Å². The first-order chi connectivity index (χ1) is 23.8. The van der Waals surface area contributed by atoms with E-state index in [1.165, 1.54) is 18.3 Å². The first kappa shape index (κ1) is 36.0. The van der Waals surface area contributed by atoms with Gasteiger partial charge in [0.2, 0.25) is 0 Å². The largest absolute Gasteiger partial charge is 0.376 e. The number of hydrazine groups is 2. The van der Waals surface area contributed by atoms with E-state index in [1.54, 1.807) is 6.07 Å². The molecule has 3 atom stereocenters. The van der Waals surface area contributed by atoms with Gasteiger partial charge in [-0.15, -0.1) is 5.53 Å². The third-order valence-corrected chi connectivity index (χ3v) is 10.7. The van der Waals surface area contributed by atoms with Gasteiger partial charge in [-0.3, -0.25) is 14.9 Å². The molecule has 6 rings (SSSR count). The zero-order chi connectivity index (χ0) is 35.8. The van der Waals surface area contributed by atoms with Crippen molar-refractivity contribution in [2.24, 2.45) is 11.3 Å². The number of aromatic nitrogens is 1. The van der Waals surface area contributed by atoms with Gasteiger partial charge < -0.3 is 21.0 Å². The molecule has 12 heteroatoms. The van der Waals surface area contributed by atoms with Crippen molar-refractivity contribution in [3.8, 4) is 6.07 Å². The lowest BCUT2D eigenvalue weighted by Gasteiger charge is -2.44. The van der Waals surface area contributed by atoms with Gasteiger partial charge in [-0.25, -0.2) is 4.39 Å². The summed E-state index contributed by atoms with van der Waals surface area (Å²) in [5.74, 6) is -0.334. The van der Waals surface area contributed by atoms with Crippen LogP contribution in [0.5, 0.6) is 0 Å². The molecule has 1 fully saturated rings. The Kier molecular flexibility index (Phi) is 10.4. The number of likely N-dealkylation sites (tertiary alicyclic amines) is 1. The summed E-state index contributed by atoms with van der Waals surface area (Å²) in [7, 11) is 4.20. The molecule has 1 aliphatic carbocycles. The van der Waals surface area contributed by atoms with E-state index in [2.05, 4.69) is 120 Å². The molecule has 2 aliphatic heterocycles. The monoisotopic (exact) mass is 717 g/mol. The Hall–Kier alpha value is -3.85. The van der Waals surface area contributed by atoms with Crippen LogP contribution < -0.4 is 21.6 Å². The van der Waals surface area contributed by atoms with Crippen LogP contribution in [-0.2, 0) is 0 Å². The number of hydrogen-bond donors (Lipinski definition) is 4. The molecule has 3 aliphatic rings. The highest BCUT2D eigenvalue weighted by Gasteiger charge is 2.43. The van der Waals surface area contributed by atoms with E-state index in [-0.39, 0.29) is 27.9 Å². The van der Waals surface area contributed by atoms with Gasteiger partial charge in [-0.1, -0.05) is 54.4 Å². The fourth-order valence-electron chi connectivity index (χ4n) is 7.27. The highest BCUT2D eigenvalue weighted by atomic mass is 35.5. The van der Waals surface area contributed by atoms with Crippen LogP contribution in [-0.4, -0.2) is 71.1 Å². The van der Waals surface area contributed by atoms with Gasteiger partial charge in [0.05, 0.1) is 38.6 Å². The minimum atomic E-state index is -0.524. The van der Waals surface area contributed by atoms with Crippen LogP contribution in [0.15, 0.2) is 72.7 Å².